The van der Waals surface area contributed by atoms with Crippen LogP contribution in [0, 0.1) is 0 Å². The quantitative estimate of drug-likeness (QED) is 0.796. The van der Waals surface area contributed by atoms with Crippen LogP contribution in [0.2, 0.25) is 0 Å². The third-order valence-electron chi connectivity index (χ3n) is 4.53. The van der Waals surface area contributed by atoms with Crippen molar-refractivity contribution in [2.24, 2.45) is 0 Å². The number of para-hydroxylation sites is 1. The topological polar surface area (TPSA) is 68.7 Å². The minimum Gasteiger partial charge on any atom is -0.478 e. The van der Waals surface area contributed by atoms with E-state index in [0.29, 0.717) is 5.82 Å². The Labute approximate surface area is 154 Å². The molecule has 6 heteroatoms. The Morgan fingerprint density at radius 1 is 1.19 bits per heavy atom. The number of aromatic nitrogens is 1. The van der Waals surface area contributed by atoms with E-state index in [0.717, 1.165) is 56.8 Å². The van der Waals surface area contributed by atoms with Gasteiger partial charge in [0.1, 0.15) is 5.56 Å². The third-order valence-corrected chi connectivity index (χ3v) is 4.53. The van der Waals surface area contributed by atoms with Gasteiger partial charge in [-0.15, -0.1) is 0 Å². The first-order valence-corrected chi connectivity index (χ1v) is 9.24. The summed E-state index contributed by atoms with van der Waals surface area (Å²) in [6.45, 7) is 5.47. The molecule has 0 saturated carbocycles. The van der Waals surface area contributed by atoms with Crippen LogP contribution in [0.3, 0.4) is 0 Å². The van der Waals surface area contributed by atoms with Crippen LogP contribution in [-0.4, -0.2) is 47.2 Å². The second-order valence-corrected chi connectivity index (χ2v) is 6.43. The number of unbranched alkanes of at least 4 members (excludes halogenated alkanes) is 1. The molecule has 0 spiro atoms. The van der Waals surface area contributed by atoms with Crippen LogP contribution in [-0.2, 0) is 6.42 Å². The van der Waals surface area contributed by atoms with Crippen molar-refractivity contribution in [1.29, 1.82) is 0 Å². The number of hydrogen-bond acceptors (Lipinski definition) is 5. The zero-order valence-electron chi connectivity index (χ0n) is 15.2. The molecule has 138 valence electrons. The van der Waals surface area contributed by atoms with Crippen LogP contribution in [0.5, 0.6) is 0 Å². The fourth-order valence-corrected chi connectivity index (χ4v) is 3.15. The van der Waals surface area contributed by atoms with Gasteiger partial charge in [-0.1, -0.05) is 31.5 Å². The summed E-state index contributed by atoms with van der Waals surface area (Å²) in [6, 6.07) is 13.4. The second-order valence-electron chi connectivity index (χ2n) is 6.43. The van der Waals surface area contributed by atoms with Crippen molar-refractivity contribution in [1.82, 2.24) is 15.3 Å². The first kappa shape index (κ1) is 18.4. The van der Waals surface area contributed by atoms with Crippen molar-refractivity contribution in [3.63, 3.8) is 0 Å². The maximum absolute atomic E-state index is 11.9. The Hall–Kier alpha value is -2.44. The van der Waals surface area contributed by atoms with Gasteiger partial charge < -0.3 is 10.4 Å². The van der Waals surface area contributed by atoms with E-state index < -0.39 is 5.97 Å². The summed E-state index contributed by atoms with van der Waals surface area (Å²) >= 11 is 0. The molecule has 2 aromatic rings. The Bertz CT molecular complexity index is 730. The van der Waals surface area contributed by atoms with Gasteiger partial charge in [0.2, 0.25) is 0 Å². The summed E-state index contributed by atoms with van der Waals surface area (Å²) in [5.74, 6) is -0.454. The molecule has 6 nitrogen and oxygen atoms in total. The number of pyridine rings is 1. The van der Waals surface area contributed by atoms with E-state index in [2.05, 4.69) is 17.2 Å². The van der Waals surface area contributed by atoms with E-state index >= 15 is 0 Å². The molecule has 1 saturated heterocycles. The Morgan fingerprint density at radius 3 is 2.58 bits per heavy atom. The van der Waals surface area contributed by atoms with Crippen LogP contribution in [0.15, 0.2) is 42.5 Å². The summed E-state index contributed by atoms with van der Waals surface area (Å²) in [5, 5.41) is 17.2. The van der Waals surface area contributed by atoms with Crippen molar-refractivity contribution in [3.8, 4) is 0 Å². The van der Waals surface area contributed by atoms with E-state index in [1.807, 2.05) is 41.4 Å². The van der Waals surface area contributed by atoms with Crippen molar-refractivity contribution in [3.05, 3.63) is 53.7 Å². The summed E-state index contributed by atoms with van der Waals surface area (Å²) < 4.78 is 0. The van der Waals surface area contributed by atoms with Crippen LogP contribution in [0.4, 0.5) is 11.5 Å². The number of hydrazine groups is 1. The number of carboxylic acids is 1. The predicted molar refractivity (Wildman–Crippen MR) is 103 cm³/mol. The number of carbonyl (C=O) groups is 1. The van der Waals surface area contributed by atoms with Gasteiger partial charge in [-0.05, 0) is 37.1 Å². The van der Waals surface area contributed by atoms with Gasteiger partial charge in [-0.3, -0.25) is 5.01 Å². The van der Waals surface area contributed by atoms with Crippen LogP contribution < -0.4 is 10.3 Å². The van der Waals surface area contributed by atoms with Gasteiger partial charge in [0.15, 0.2) is 5.82 Å². The molecule has 0 unspecified atom stereocenters. The molecule has 1 aromatic carbocycles. The van der Waals surface area contributed by atoms with Crippen LogP contribution in [0.1, 0.15) is 35.8 Å². The van der Waals surface area contributed by atoms with Crippen LogP contribution >= 0.6 is 0 Å². The molecular weight excluding hydrogens is 328 g/mol. The number of carboxylic acid groups (broad SMARTS) is 1. The van der Waals surface area contributed by atoms with E-state index in [4.69, 9.17) is 4.98 Å². The highest BCUT2D eigenvalue weighted by Gasteiger charge is 2.26. The van der Waals surface area contributed by atoms with Gasteiger partial charge in [0.05, 0.1) is 5.69 Å². The van der Waals surface area contributed by atoms with Gasteiger partial charge >= 0.3 is 5.97 Å². The monoisotopic (exact) mass is 354 g/mol. The molecule has 26 heavy (non-hydrogen) atoms. The number of nitrogens with zero attached hydrogens (tertiary/aromatic N) is 3. The van der Waals surface area contributed by atoms with Crippen molar-refractivity contribution in [2.45, 2.75) is 26.2 Å². The van der Waals surface area contributed by atoms with E-state index in [1.165, 1.54) is 0 Å². The molecule has 1 aromatic heterocycles. The van der Waals surface area contributed by atoms with Gasteiger partial charge in [0, 0.05) is 31.9 Å². The Kier molecular flexibility index (Phi) is 6.20. The average molecular weight is 354 g/mol. The molecule has 0 bridgehead atoms. The zero-order valence-corrected chi connectivity index (χ0v) is 15.2. The molecule has 1 aliphatic rings. The van der Waals surface area contributed by atoms with Crippen LogP contribution in [0.25, 0.3) is 0 Å². The lowest BCUT2D eigenvalue weighted by atomic mass is 10.1. The number of piperazine rings is 1. The molecule has 0 atom stereocenters. The number of hydrogen-bond donors (Lipinski definition) is 2. The molecule has 2 N–H and O–H groups in total. The fraction of sp³-hybridized carbons (Fsp3) is 0.400. The van der Waals surface area contributed by atoms with Gasteiger partial charge in [-0.25, -0.2) is 14.8 Å². The van der Waals surface area contributed by atoms with Crippen molar-refractivity contribution in [2.75, 3.05) is 31.2 Å². The first-order chi connectivity index (χ1) is 12.7. The third kappa shape index (κ3) is 4.20. The minimum atomic E-state index is -0.953. The lowest BCUT2D eigenvalue weighted by molar-refractivity contribution is 0.0696. The molecule has 1 aliphatic heterocycles. The highest BCUT2D eigenvalue weighted by atomic mass is 16.4. The Morgan fingerprint density at radius 2 is 1.92 bits per heavy atom. The Balaban J connectivity index is 2.07. The molecular formula is C20H26N4O2. The normalized spacial score (nSPS) is 15.0. The largest absolute Gasteiger partial charge is 0.478 e. The summed E-state index contributed by atoms with van der Waals surface area (Å²) in [5.41, 5.74) is 2.09. The number of aromatic carboxylic acids is 1. The lowest BCUT2D eigenvalue weighted by Crippen LogP contribution is -2.51. The van der Waals surface area contributed by atoms with E-state index in [-0.39, 0.29) is 5.56 Å². The first-order valence-electron chi connectivity index (χ1n) is 9.24. The minimum absolute atomic E-state index is 0.229. The molecule has 0 amide bonds. The highest BCUT2D eigenvalue weighted by Crippen LogP contribution is 2.29. The summed E-state index contributed by atoms with van der Waals surface area (Å²) in [7, 11) is 0. The number of rotatable bonds is 7. The lowest BCUT2D eigenvalue weighted by Gasteiger charge is -2.39. The molecule has 1 fully saturated rings. The smallest absolute Gasteiger partial charge is 0.339 e. The molecule has 0 radical (unpaired) electrons. The van der Waals surface area contributed by atoms with E-state index in [9.17, 15) is 9.90 Å². The predicted octanol–water partition coefficient (Wildman–Crippen LogP) is 3.08. The molecule has 0 aliphatic carbocycles. The van der Waals surface area contributed by atoms with Gasteiger partial charge in [-0.2, -0.15) is 0 Å². The maximum Gasteiger partial charge on any atom is 0.339 e. The maximum atomic E-state index is 11.9. The second kappa shape index (κ2) is 8.78. The summed E-state index contributed by atoms with van der Waals surface area (Å²) in [4.78, 5) is 16.6. The summed E-state index contributed by atoms with van der Waals surface area (Å²) in [6.07, 6.45) is 2.98. The SMILES string of the molecule is CCCCc1ccc(C(=O)O)c(N(c2ccccc2)N2CCNCC2)n1. The van der Waals surface area contributed by atoms with Gasteiger partial charge in [0.25, 0.3) is 0 Å². The number of anilines is 2. The molecule has 3 rings (SSSR count). The molecule has 2 heterocycles. The standard InChI is InChI=1S/C20H26N4O2/c1-2-3-7-16-10-11-18(20(25)26)19(22-16)24(17-8-5-4-6-9-17)23-14-12-21-13-15-23/h4-6,8-11,21H,2-3,7,12-15H2,1H3,(H,25,26). The number of nitrogens with one attached hydrogen (secondary N) is 1. The fourth-order valence-electron chi connectivity index (χ4n) is 3.15. The zero-order chi connectivity index (χ0) is 18.4. The van der Waals surface area contributed by atoms with Crippen molar-refractivity contribution < 1.29 is 9.90 Å². The number of aryl methyl sites for hydroxylation is 1. The number of benzene rings is 1. The van der Waals surface area contributed by atoms with Crippen molar-refractivity contribution >= 4 is 17.5 Å². The van der Waals surface area contributed by atoms with E-state index in [1.54, 1.807) is 6.07 Å². The average Bonchev–Trinajstić information content (AvgIpc) is 2.68. The highest BCUT2D eigenvalue weighted by molar-refractivity contribution is 5.94.